The minimum Gasteiger partial charge on any atom is -0.502 e. The minimum absolute atomic E-state index is 0.0630. The van der Waals surface area contributed by atoms with Gasteiger partial charge < -0.3 is 25.2 Å². The van der Waals surface area contributed by atoms with E-state index < -0.39 is 23.3 Å². The van der Waals surface area contributed by atoms with Crippen molar-refractivity contribution in [3.63, 3.8) is 0 Å². The summed E-state index contributed by atoms with van der Waals surface area (Å²) in [6.07, 6.45) is 17.6. The van der Waals surface area contributed by atoms with Gasteiger partial charge in [0.25, 0.3) is 6.47 Å². The first kappa shape index (κ1) is 33.1. The second-order valence-electron chi connectivity index (χ2n) is 10.4. The topological polar surface area (TPSA) is 131 Å². The Bertz CT molecular complexity index is 1030. The Morgan fingerprint density at radius 2 is 1.87 bits per heavy atom. The van der Waals surface area contributed by atoms with Gasteiger partial charge in [-0.2, -0.15) is 0 Å². The molecule has 1 rings (SSSR count). The highest BCUT2D eigenvalue weighted by Crippen LogP contribution is 2.22. The summed E-state index contributed by atoms with van der Waals surface area (Å²) in [4.78, 5) is 47.5. The second-order valence-corrected chi connectivity index (χ2v) is 10.4. The third-order valence-corrected chi connectivity index (χ3v) is 5.88. The summed E-state index contributed by atoms with van der Waals surface area (Å²) in [5, 5.41) is 14.8. The number of carbonyl (C=O) groups excluding carboxylic acids is 4. The molecule has 0 aromatic carbocycles. The van der Waals surface area contributed by atoms with Crippen LogP contribution in [0.25, 0.3) is 0 Å². The van der Waals surface area contributed by atoms with Crippen molar-refractivity contribution in [2.45, 2.75) is 79.1 Å². The van der Waals surface area contributed by atoms with Gasteiger partial charge in [0.2, 0.25) is 11.8 Å². The highest BCUT2D eigenvalue weighted by molar-refractivity contribution is 5.93. The number of nitrogens with one attached hydrogen (secondary N) is 2. The molecule has 0 aromatic rings. The van der Waals surface area contributed by atoms with E-state index in [1.165, 1.54) is 18.4 Å². The lowest BCUT2D eigenvalue weighted by molar-refractivity contribution is -0.150. The summed E-state index contributed by atoms with van der Waals surface area (Å²) in [6, 6.07) is -0.789. The molecular weight excluding hydrogens is 500 g/mol. The fourth-order valence-corrected chi connectivity index (χ4v) is 3.69. The van der Waals surface area contributed by atoms with Crippen LogP contribution in [0.3, 0.4) is 0 Å². The van der Waals surface area contributed by atoms with E-state index in [0.29, 0.717) is 25.7 Å². The van der Waals surface area contributed by atoms with E-state index in [9.17, 15) is 24.3 Å². The smallest absolute Gasteiger partial charge is 0.373 e. The summed E-state index contributed by atoms with van der Waals surface area (Å²) in [7, 11) is 0. The van der Waals surface area contributed by atoms with Gasteiger partial charge in [0.1, 0.15) is 18.2 Å². The molecule has 0 fully saturated rings. The molecular formula is C30H42N2O7. The third-order valence-electron chi connectivity index (χ3n) is 5.88. The highest BCUT2D eigenvalue weighted by atomic mass is 16.6. The molecule has 214 valence electrons. The molecule has 1 heterocycles. The van der Waals surface area contributed by atoms with Crippen LogP contribution in [0.5, 0.6) is 0 Å². The van der Waals surface area contributed by atoms with Crippen molar-refractivity contribution in [2.75, 3.05) is 0 Å². The Kier molecular flexibility index (Phi) is 14.3. The number of aliphatic hydroxyl groups is 1. The van der Waals surface area contributed by atoms with Crippen LogP contribution in [0, 0.1) is 11.3 Å². The molecule has 0 bridgehead atoms. The van der Waals surface area contributed by atoms with Crippen LogP contribution in [-0.4, -0.2) is 47.6 Å². The number of cyclic esters (lactones) is 1. The molecule has 4 unspecified atom stereocenters. The first-order valence-electron chi connectivity index (χ1n) is 13.0. The van der Waals surface area contributed by atoms with Crippen molar-refractivity contribution >= 4 is 24.3 Å². The van der Waals surface area contributed by atoms with Crippen molar-refractivity contribution in [3.8, 4) is 0 Å². The van der Waals surface area contributed by atoms with E-state index in [2.05, 4.69) is 10.6 Å². The zero-order valence-electron chi connectivity index (χ0n) is 23.7. The average Bonchev–Trinajstić information content (AvgIpc) is 2.86. The van der Waals surface area contributed by atoms with Gasteiger partial charge in [-0.25, -0.2) is 4.79 Å². The van der Waals surface area contributed by atoms with Crippen molar-refractivity contribution in [1.82, 2.24) is 10.6 Å². The number of rotatable bonds is 14. The molecule has 0 spiro atoms. The summed E-state index contributed by atoms with van der Waals surface area (Å²) in [6.45, 7) is 11.7. The number of allylic oxidation sites excluding steroid dienone is 5. The zero-order chi connectivity index (χ0) is 29.4. The quantitative estimate of drug-likeness (QED) is 0.0968. The van der Waals surface area contributed by atoms with Crippen molar-refractivity contribution < 1.29 is 33.8 Å². The van der Waals surface area contributed by atoms with Crippen molar-refractivity contribution in [1.29, 1.82) is 0 Å². The van der Waals surface area contributed by atoms with Gasteiger partial charge in [-0.3, -0.25) is 14.4 Å². The Morgan fingerprint density at radius 1 is 1.21 bits per heavy atom. The summed E-state index contributed by atoms with van der Waals surface area (Å²) in [5.41, 5.74) is 0.365. The predicted octanol–water partition coefficient (Wildman–Crippen LogP) is 4.50. The van der Waals surface area contributed by atoms with Gasteiger partial charge in [-0.1, -0.05) is 75.8 Å². The van der Waals surface area contributed by atoms with E-state index in [0.717, 1.165) is 5.57 Å². The van der Waals surface area contributed by atoms with Gasteiger partial charge in [0, 0.05) is 31.3 Å². The number of aliphatic hydroxyl groups excluding tert-OH is 1. The molecule has 3 N–H and O–H groups in total. The van der Waals surface area contributed by atoms with Gasteiger partial charge >= 0.3 is 5.97 Å². The standard InChI is InChI=1S/C30H42N2O7/c1-7-8-13-23(38-20-33)14-11-18-31-28(36)27(30(4,5)6)32-26(35)15-10-9-12-21(2)19-22(3)25-17-16-24(34)29(37)39-25/h7-12,15-16,18-20,22-23,25,27,34H,13-14,17H2,1-6H3,(H,31,36)(H,32,35)/b8-7-,12-9-,15-10-,18-11-,21-19+. The SMILES string of the molecule is C/C=C\CC(C/C=C\NC(=O)C(NC(=O)\C=C/C=C\C(C)=C\C(C)C1CC=C(O)C(=O)O1)C(C)(C)C)OC=O. The van der Waals surface area contributed by atoms with Gasteiger partial charge in [-0.15, -0.1) is 0 Å². The van der Waals surface area contributed by atoms with Gasteiger partial charge in [-0.05, 0) is 31.5 Å². The van der Waals surface area contributed by atoms with Crippen LogP contribution in [0.15, 0.2) is 72.2 Å². The summed E-state index contributed by atoms with van der Waals surface area (Å²) < 4.78 is 10.2. The molecule has 4 atom stereocenters. The van der Waals surface area contributed by atoms with Crippen LogP contribution >= 0.6 is 0 Å². The van der Waals surface area contributed by atoms with Crippen LogP contribution < -0.4 is 10.6 Å². The van der Waals surface area contributed by atoms with E-state index in [4.69, 9.17) is 9.47 Å². The van der Waals surface area contributed by atoms with E-state index >= 15 is 0 Å². The maximum absolute atomic E-state index is 12.8. The molecule has 0 saturated carbocycles. The van der Waals surface area contributed by atoms with E-state index in [1.807, 2.05) is 65.8 Å². The van der Waals surface area contributed by atoms with Crippen LogP contribution in [0.4, 0.5) is 0 Å². The molecule has 1 aliphatic rings. The Morgan fingerprint density at radius 3 is 2.49 bits per heavy atom. The second kappa shape index (κ2) is 16.9. The molecule has 39 heavy (non-hydrogen) atoms. The normalized spacial score (nSPS) is 19.1. The fourth-order valence-electron chi connectivity index (χ4n) is 3.69. The van der Waals surface area contributed by atoms with Crippen molar-refractivity contribution in [2.24, 2.45) is 11.3 Å². The lowest BCUT2D eigenvalue weighted by atomic mass is 9.86. The summed E-state index contributed by atoms with van der Waals surface area (Å²) >= 11 is 0. The number of amides is 2. The zero-order valence-corrected chi connectivity index (χ0v) is 23.7. The molecule has 1 aliphatic heterocycles. The molecule has 0 radical (unpaired) electrons. The van der Waals surface area contributed by atoms with Crippen molar-refractivity contribution in [3.05, 3.63) is 72.2 Å². The maximum Gasteiger partial charge on any atom is 0.373 e. The number of hydrogen-bond donors (Lipinski definition) is 3. The third kappa shape index (κ3) is 13.0. The Balaban J connectivity index is 2.67. The largest absolute Gasteiger partial charge is 0.502 e. The van der Waals surface area contributed by atoms with Crippen LogP contribution in [0.2, 0.25) is 0 Å². The average molecular weight is 543 g/mol. The molecule has 9 heteroatoms. The molecule has 2 amide bonds. The van der Waals surface area contributed by atoms with E-state index in [1.54, 1.807) is 18.2 Å². The lowest BCUT2D eigenvalue weighted by Crippen LogP contribution is -2.52. The molecule has 0 aromatic heterocycles. The Hall–Kier alpha value is -3.88. The van der Waals surface area contributed by atoms with Gasteiger partial charge in [0.15, 0.2) is 5.76 Å². The number of esters is 1. The Labute approximate surface area is 231 Å². The minimum atomic E-state index is -0.789. The number of hydrogen-bond acceptors (Lipinski definition) is 7. The number of ether oxygens (including phenoxy) is 2. The fraction of sp³-hybridized carbons (Fsp3) is 0.467. The predicted molar refractivity (Wildman–Crippen MR) is 150 cm³/mol. The molecule has 9 nitrogen and oxygen atoms in total. The molecule has 0 saturated heterocycles. The highest BCUT2D eigenvalue weighted by Gasteiger charge is 2.32. The van der Waals surface area contributed by atoms with Crippen LogP contribution in [-0.2, 0) is 28.7 Å². The first-order chi connectivity index (χ1) is 18.4. The first-order valence-corrected chi connectivity index (χ1v) is 13.0. The van der Waals surface area contributed by atoms with Crippen LogP contribution in [0.1, 0.15) is 60.8 Å². The maximum atomic E-state index is 12.8. The monoisotopic (exact) mass is 542 g/mol. The lowest BCUT2D eigenvalue weighted by Gasteiger charge is -2.29. The van der Waals surface area contributed by atoms with Gasteiger partial charge in [0.05, 0.1) is 0 Å². The molecule has 0 aliphatic carbocycles. The summed E-state index contributed by atoms with van der Waals surface area (Å²) in [5.74, 6) is -1.92. The number of carbonyl (C=O) groups is 4. The van der Waals surface area contributed by atoms with E-state index in [-0.39, 0.29) is 29.8 Å².